The first-order chi connectivity index (χ1) is 12.2. The Hall–Kier alpha value is -1.84. The number of likely N-dealkylation sites (tertiary alicyclic amines) is 1. The number of piperidine rings is 1. The quantitative estimate of drug-likeness (QED) is 0.775. The average molecular weight is 359 g/mol. The Kier molecular flexibility index (Phi) is 6.85. The van der Waals surface area contributed by atoms with Crippen LogP contribution in [0.3, 0.4) is 0 Å². The zero-order valence-corrected chi connectivity index (χ0v) is 17.2. The lowest BCUT2D eigenvalue weighted by Gasteiger charge is -2.34. The monoisotopic (exact) mass is 358 g/mol. The van der Waals surface area contributed by atoms with Gasteiger partial charge in [-0.15, -0.1) is 0 Å². The molecule has 1 heterocycles. The Bertz CT molecular complexity index is 625. The molecule has 144 valence electrons. The lowest BCUT2D eigenvalue weighted by molar-refractivity contribution is -0.132. The van der Waals surface area contributed by atoms with Gasteiger partial charge >= 0.3 is 0 Å². The molecule has 26 heavy (non-hydrogen) atoms. The number of carbonyl (C=O) groups excluding carboxylic acids is 2. The molecule has 0 saturated carbocycles. The van der Waals surface area contributed by atoms with Gasteiger partial charge in [0, 0.05) is 20.0 Å². The molecule has 4 nitrogen and oxygen atoms in total. The smallest absolute Gasteiger partial charge is 0.242 e. The normalized spacial score (nSPS) is 17.7. The summed E-state index contributed by atoms with van der Waals surface area (Å²) in [6.07, 6.45) is 2.22. The van der Waals surface area contributed by atoms with Crippen LogP contribution >= 0.6 is 0 Å². The molecule has 1 aliphatic rings. The second-order valence-corrected chi connectivity index (χ2v) is 8.29. The topological polar surface area (TPSA) is 40.6 Å². The molecule has 0 radical (unpaired) electrons. The Balaban J connectivity index is 2.38. The van der Waals surface area contributed by atoms with E-state index in [4.69, 9.17) is 0 Å². The summed E-state index contributed by atoms with van der Waals surface area (Å²) in [5, 5.41) is 0. The van der Waals surface area contributed by atoms with Gasteiger partial charge in [-0.2, -0.15) is 0 Å². The average Bonchev–Trinajstić information content (AvgIpc) is 2.58. The van der Waals surface area contributed by atoms with Crippen molar-refractivity contribution in [3.8, 4) is 0 Å². The van der Waals surface area contributed by atoms with E-state index in [0.717, 1.165) is 36.3 Å². The van der Waals surface area contributed by atoms with Crippen LogP contribution in [0.4, 0.5) is 5.69 Å². The number of nitrogens with zero attached hydrogens (tertiary/aromatic N) is 2. The minimum absolute atomic E-state index is 0.0556. The van der Waals surface area contributed by atoms with Crippen LogP contribution in [0.25, 0.3) is 0 Å². The number of rotatable bonds is 5. The minimum Gasteiger partial charge on any atom is -0.341 e. The number of para-hydroxylation sites is 1. The van der Waals surface area contributed by atoms with E-state index in [1.165, 1.54) is 6.42 Å². The molecule has 2 amide bonds. The van der Waals surface area contributed by atoms with Gasteiger partial charge < -0.3 is 9.80 Å². The third-order valence-electron chi connectivity index (χ3n) is 5.30. The standard InChI is InChI=1S/C22H34N2O2/c1-15(2)19-10-7-11-20(16(3)4)22(19)24(18(6)25)14-21(26)23-12-8-9-17(5)13-23/h7,10-11,15-17H,8-9,12-14H2,1-6H3. The van der Waals surface area contributed by atoms with Gasteiger partial charge in [0.2, 0.25) is 11.8 Å². The molecule has 0 aliphatic carbocycles. The molecule has 1 aliphatic heterocycles. The zero-order valence-electron chi connectivity index (χ0n) is 17.2. The fraction of sp³-hybridized carbons (Fsp3) is 0.636. The maximum absolute atomic E-state index is 12.9. The molecule has 1 unspecified atom stereocenters. The summed E-state index contributed by atoms with van der Waals surface area (Å²) in [7, 11) is 0. The Morgan fingerprint density at radius 2 is 1.73 bits per heavy atom. The molecule has 1 atom stereocenters. The van der Waals surface area contributed by atoms with Crippen LogP contribution in [-0.2, 0) is 9.59 Å². The molecule has 0 aromatic heterocycles. The Morgan fingerprint density at radius 3 is 2.19 bits per heavy atom. The summed E-state index contributed by atoms with van der Waals surface area (Å²) in [5.41, 5.74) is 3.20. The van der Waals surface area contributed by atoms with Crippen molar-refractivity contribution in [1.29, 1.82) is 0 Å². The zero-order chi connectivity index (χ0) is 19.4. The highest BCUT2D eigenvalue weighted by molar-refractivity contribution is 5.99. The summed E-state index contributed by atoms with van der Waals surface area (Å²) < 4.78 is 0. The predicted molar refractivity (Wildman–Crippen MR) is 108 cm³/mol. The molecular formula is C22H34N2O2. The van der Waals surface area contributed by atoms with Crippen LogP contribution < -0.4 is 4.90 Å². The van der Waals surface area contributed by atoms with Crippen LogP contribution in [0, 0.1) is 5.92 Å². The Labute approximate surface area is 158 Å². The number of hydrogen-bond acceptors (Lipinski definition) is 2. The predicted octanol–water partition coefficient (Wildman–Crippen LogP) is 4.54. The molecule has 1 aromatic rings. The number of amides is 2. The maximum Gasteiger partial charge on any atom is 0.242 e. The van der Waals surface area contributed by atoms with Crippen molar-refractivity contribution >= 4 is 17.5 Å². The van der Waals surface area contributed by atoms with Crippen molar-refractivity contribution in [2.24, 2.45) is 5.92 Å². The maximum atomic E-state index is 12.9. The lowest BCUT2D eigenvalue weighted by atomic mass is 9.91. The summed E-state index contributed by atoms with van der Waals surface area (Å²) in [4.78, 5) is 29.1. The fourth-order valence-corrected chi connectivity index (χ4v) is 3.82. The Morgan fingerprint density at radius 1 is 1.15 bits per heavy atom. The summed E-state index contributed by atoms with van der Waals surface area (Å²) in [5.74, 6) is 1.09. The lowest BCUT2D eigenvalue weighted by Crippen LogP contribution is -2.46. The van der Waals surface area contributed by atoms with E-state index in [-0.39, 0.29) is 30.2 Å². The summed E-state index contributed by atoms with van der Waals surface area (Å²) in [6.45, 7) is 14.0. The molecule has 0 N–H and O–H groups in total. The van der Waals surface area contributed by atoms with Crippen molar-refractivity contribution in [3.05, 3.63) is 29.3 Å². The first-order valence-corrected chi connectivity index (χ1v) is 9.91. The van der Waals surface area contributed by atoms with Gasteiger partial charge in [-0.05, 0) is 41.7 Å². The molecule has 4 heteroatoms. The number of carbonyl (C=O) groups is 2. The number of hydrogen-bond donors (Lipinski definition) is 0. The molecule has 1 fully saturated rings. The van der Waals surface area contributed by atoms with E-state index >= 15 is 0 Å². The van der Waals surface area contributed by atoms with Crippen LogP contribution in [-0.4, -0.2) is 36.3 Å². The molecule has 1 saturated heterocycles. The molecule has 0 spiro atoms. The van der Waals surface area contributed by atoms with E-state index in [2.05, 4.69) is 52.8 Å². The highest BCUT2D eigenvalue weighted by Crippen LogP contribution is 2.35. The van der Waals surface area contributed by atoms with Crippen molar-refractivity contribution < 1.29 is 9.59 Å². The van der Waals surface area contributed by atoms with Gasteiger partial charge in [0.25, 0.3) is 0 Å². The minimum atomic E-state index is -0.0709. The molecule has 2 rings (SSSR count). The van der Waals surface area contributed by atoms with E-state index < -0.39 is 0 Å². The molecular weight excluding hydrogens is 324 g/mol. The third-order valence-corrected chi connectivity index (χ3v) is 5.30. The summed E-state index contributed by atoms with van der Waals surface area (Å²) >= 11 is 0. The number of anilines is 1. The van der Waals surface area contributed by atoms with E-state index in [1.807, 2.05) is 4.90 Å². The largest absolute Gasteiger partial charge is 0.341 e. The van der Waals surface area contributed by atoms with Crippen LogP contribution in [0.1, 0.15) is 77.3 Å². The highest BCUT2D eigenvalue weighted by atomic mass is 16.2. The van der Waals surface area contributed by atoms with Gasteiger partial charge in [-0.1, -0.05) is 52.8 Å². The summed E-state index contributed by atoms with van der Waals surface area (Å²) in [6, 6.07) is 6.21. The fourth-order valence-electron chi connectivity index (χ4n) is 3.82. The van der Waals surface area contributed by atoms with Crippen molar-refractivity contribution in [3.63, 3.8) is 0 Å². The SMILES string of the molecule is CC(=O)N(CC(=O)N1CCCC(C)C1)c1c(C(C)C)cccc1C(C)C. The van der Waals surface area contributed by atoms with Crippen molar-refractivity contribution in [2.75, 3.05) is 24.5 Å². The van der Waals surface area contributed by atoms with Gasteiger partial charge in [0.1, 0.15) is 6.54 Å². The second kappa shape index (κ2) is 8.70. The van der Waals surface area contributed by atoms with E-state index in [0.29, 0.717) is 5.92 Å². The highest BCUT2D eigenvalue weighted by Gasteiger charge is 2.27. The van der Waals surface area contributed by atoms with Crippen molar-refractivity contribution in [1.82, 2.24) is 4.90 Å². The number of benzene rings is 1. The van der Waals surface area contributed by atoms with E-state index in [1.54, 1.807) is 11.8 Å². The van der Waals surface area contributed by atoms with Gasteiger partial charge in [0.05, 0.1) is 5.69 Å². The van der Waals surface area contributed by atoms with Gasteiger partial charge in [-0.25, -0.2) is 0 Å². The first-order valence-electron chi connectivity index (χ1n) is 9.91. The molecule has 1 aromatic carbocycles. The third kappa shape index (κ3) is 4.66. The van der Waals surface area contributed by atoms with Crippen molar-refractivity contribution in [2.45, 2.75) is 66.2 Å². The van der Waals surface area contributed by atoms with Gasteiger partial charge in [-0.3, -0.25) is 9.59 Å². The first kappa shape index (κ1) is 20.5. The van der Waals surface area contributed by atoms with Crippen LogP contribution in [0.2, 0.25) is 0 Å². The second-order valence-electron chi connectivity index (χ2n) is 8.29. The van der Waals surface area contributed by atoms with E-state index in [9.17, 15) is 9.59 Å². The molecule has 0 bridgehead atoms. The van der Waals surface area contributed by atoms with Crippen LogP contribution in [0.5, 0.6) is 0 Å². The van der Waals surface area contributed by atoms with Gasteiger partial charge in [0.15, 0.2) is 0 Å². The van der Waals surface area contributed by atoms with Crippen LogP contribution in [0.15, 0.2) is 18.2 Å².